The maximum atomic E-state index is 12.3. The van der Waals surface area contributed by atoms with Gasteiger partial charge in [0.1, 0.15) is 0 Å². The van der Waals surface area contributed by atoms with E-state index >= 15 is 0 Å². The van der Waals surface area contributed by atoms with E-state index in [2.05, 4.69) is 5.32 Å². The van der Waals surface area contributed by atoms with Gasteiger partial charge in [0.15, 0.2) is 0 Å². The molecule has 5 nitrogen and oxygen atoms in total. The molecule has 1 heterocycles. The van der Waals surface area contributed by atoms with E-state index in [-0.39, 0.29) is 23.8 Å². The van der Waals surface area contributed by atoms with Gasteiger partial charge in [0.2, 0.25) is 5.91 Å². The normalized spacial score (nSPS) is 19.8. The molecule has 0 radical (unpaired) electrons. The van der Waals surface area contributed by atoms with Crippen LogP contribution in [0.1, 0.15) is 20.3 Å². The topological polar surface area (TPSA) is 58.6 Å². The van der Waals surface area contributed by atoms with Gasteiger partial charge in [0.25, 0.3) is 5.91 Å². The summed E-state index contributed by atoms with van der Waals surface area (Å²) < 4.78 is 5.30. The first-order valence-electron chi connectivity index (χ1n) is 6.65. The Kier molecular flexibility index (Phi) is 4.20. The van der Waals surface area contributed by atoms with Crippen molar-refractivity contribution in [3.63, 3.8) is 0 Å². The number of para-hydroxylation sites is 1. The molecular formula is C15H20N2O3. The van der Waals surface area contributed by atoms with Crippen molar-refractivity contribution >= 4 is 17.5 Å². The van der Waals surface area contributed by atoms with Crippen molar-refractivity contribution in [2.24, 2.45) is 0 Å². The van der Waals surface area contributed by atoms with Crippen molar-refractivity contribution in [1.29, 1.82) is 0 Å². The number of rotatable bonds is 5. The SMILES string of the molecule is COC(C)(C)CNC1CC(=O)N(c2ccccc2)C1=O. The molecule has 0 bridgehead atoms. The summed E-state index contributed by atoms with van der Waals surface area (Å²) >= 11 is 0. The van der Waals surface area contributed by atoms with E-state index in [1.165, 1.54) is 4.90 Å². The van der Waals surface area contributed by atoms with Crippen molar-refractivity contribution in [2.75, 3.05) is 18.6 Å². The minimum atomic E-state index is -0.475. The van der Waals surface area contributed by atoms with Gasteiger partial charge in [-0.1, -0.05) is 18.2 Å². The molecule has 0 saturated carbocycles. The molecule has 1 aliphatic rings. The maximum Gasteiger partial charge on any atom is 0.251 e. The third kappa shape index (κ3) is 3.05. The summed E-state index contributed by atoms with van der Waals surface area (Å²) in [7, 11) is 1.62. The standard InChI is InChI=1S/C15H20N2O3/c1-15(2,20-3)10-16-12-9-13(18)17(14(12)19)11-7-5-4-6-8-11/h4-8,12,16H,9-10H2,1-3H3. The zero-order valence-corrected chi connectivity index (χ0v) is 12.1. The van der Waals surface area contributed by atoms with Crippen molar-refractivity contribution in [1.82, 2.24) is 5.32 Å². The molecule has 0 spiro atoms. The zero-order valence-electron chi connectivity index (χ0n) is 12.1. The smallest absolute Gasteiger partial charge is 0.251 e. The van der Waals surface area contributed by atoms with Crippen molar-refractivity contribution in [3.8, 4) is 0 Å². The summed E-state index contributed by atoms with van der Waals surface area (Å²) in [6.07, 6.45) is 0.188. The second-order valence-electron chi connectivity index (χ2n) is 5.50. The number of methoxy groups -OCH3 is 1. The van der Waals surface area contributed by atoms with Crippen molar-refractivity contribution in [3.05, 3.63) is 30.3 Å². The Bertz CT molecular complexity index is 499. The molecule has 1 N–H and O–H groups in total. The number of anilines is 1. The Morgan fingerprint density at radius 1 is 1.30 bits per heavy atom. The summed E-state index contributed by atoms with van der Waals surface area (Å²) in [4.78, 5) is 25.6. The number of benzene rings is 1. The summed E-state index contributed by atoms with van der Waals surface area (Å²) in [6, 6.07) is 8.52. The molecule has 1 aromatic carbocycles. The lowest BCUT2D eigenvalue weighted by atomic mass is 10.1. The van der Waals surface area contributed by atoms with E-state index in [4.69, 9.17) is 4.74 Å². The van der Waals surface area contributed by atoms with Crippen LogP contribution in [-0.4, -0.2) is 37.1 Å². The van der Waals surface area contributed by atoms with Crippen LogP contribution < -0.4 is 10.2 Å². The number of hydrogen-bond acceptors (Lipinski definition) is 4. The molecule has 2 rings (SSSR count). The lowest BCUT2D eigenvalue weighted by Crippen LogP contribution is -2.45. The molecule has 1 saturated heterocycles. The summed E-state index contributed by atoms with van der Waals surface area (Å²) in [5, 5.41) is 3.12. The van der Waals surface area contributed by atoms with Gasteiger partial charge in [-0.2, -0.15) is 0 Å². The number of amides is 2. The predicted molar refractivity (Wildman–Crippen MR) is 76.4 cm³/mol. The first kappa shape index (κ1) is 14.7. The lowest BCUT2D eigenvalue weighted by molar-refractivity contribution is -0.121. The molecular weight excluding hydrogens is 256 g/mol. The van der Waals surface area contributed by atoms with E-state index in [1.807, 2.05) is 32.0 Å². The fraction of sp³-hybridized carbons (Fsp3) is 0.467. The van der Waals surface area contributed by atoms with Crippen LogP contribution in [0.4, 0.5) is 5.69 Å². The number of imide groups is 1. The molecule has 5 heteroatoms. The van der Waals surface area contributed by atoms with E-state index in [0.717, 1.165) is 0 Å². The lowest BCUT2D eigenvalue weighted by Gasteiger charge is -2.25. The summed E-state index contributed by atoms with van der Waals surface area (Å²) in [6.45, 7) is 4.36. The molecule has 1 fully saturated rings. The van der Waals surface area contributed by atoms with E-state index in [9.17, 15) is 9.59 Å². The molecule has 1 aromatic rings. The number of carbonyl (C=O) groups is 2. The Labute approximate surface area is 118 Å². The molecule has 1 atom stereocenters. The molecule has 0 aromatic heterocycles. The van der Waals surface area contributed by atoms with Crippen LogP contribution in [0.25, 0.3) is 0 Å². The van der Waals surface area contributed by atoms with Crippen LogP contribution >= 0.6 is 0 Å². The van der Waals surface area contributed by atoms with Crippen molar-refractivity contribution in [2.45, 2.75) is 31.9 Å². The molecule has 0 aliphatic carbocycles. The minimum Gasteiger partial charge on any atom is -0.377 e. The van der Waals surface area contributed by atoms with Gasteiger partial charge in [-0.3, -0.25) is 9.59 Å². The quantitative estimate of drug-likeness (QED) is 0.824. The highest BCUT2D eigenvalue weighted by molar-refractivity contribution is 6.22. The van der Waals surface area contributed by atoms with Crippen LogP contribution in [0.15, 0.2) is 30.3 Å². The first-order chi connectivity index (χ1) is 9.44. The molecule has 2 amide bonds. The van der Waals surface area contributed by atoms with Crippen molar-refractivity contribution < 1.29 is 14.3 Å². The number of nitrogens with one attached hydrogen (secondary N) is 1. The summed E-state index contributed by atoms with van der Waals surface area (Å²) in [5.41, 5.74) is 0.251. The highest BCUT2D eigenvalue weighted by Gasteiger charge is 2.39. The van der Waals surface area contributed by atoms with Crippen LogP contribution in [0, 0.1) is 0 Å². The van der Waals surface area contributed by atoms with Crippen LogP contribution in [0.2, 0.25) is 0 Å². The van der Waals surface area contributed by atoms with Gasteiger partial charge >= 0.3 is 0 Å². The number of hydrogen-bond donors (Lipinski definition) is 1. The van der Waals surface area contributed by atoms with E-state index in [1.54, 1.807) is 19.2 Å². The third-order valence-corrected chi connectivity index (χ3v) is 3.49. The molecule has 20 heavy (non-hydrogen) atoms. The molecule has 1 aliphatic heterocycles. The van der Waals surface area contributed by atoms with Gasteiger partial charge in [0, 0.05) is 13.7 Å². The van der Waals surface area contributed by atoms with Gasteiger partial charge in [-0.15, -0.1) is 0 Å². The fourth-order valence-electron chi connectivity index (χ4n) is 2.08. The largest absolute Gasteiger partial charge is 0.377 e. The third-order valence-electron chi connectivity index (χ3n) is 3.49. The van der Waals surface area contributed by atoms with E-state index in [0.29, 0.717) is 12.2 Å². The zero-order chi connectivity index (χ0) is 14.8. The minimum absolute atomic E-state index is 0.172. The van der Waals surface area contributed by atoms with E-state index < -0.39 is 6.04 Å². The van der Waals surface area contributed by atoms with Crippen LogP contribution in [0.3, 0.4) is 0 Å². The highest BCUT2D eigenvalue weighted by atomic mass is 16.5. The van der Waals surface area contributed by atoms with Crippen LogP contribution in [0.5, 0.6) is 0 Å². The fourth-order valence-corrected chi connectivity index (χ4v) is 2.08. The number of ether oxygens (including phenoxy) is 1. The molecule has 1 unspecified atom stereocenters. The maximum absolute atomic E-state index is 12.3. The highest BCUT2D eigenvalue weighted by Crippen LogP contribution is 2.22. The molecule has 108 valence electrons. The Morgan fingerprint density at radius 2 is 1.95 bits per heavy atom. The predicted octanol–water partition coefficient (Wildman–Crippen LogP) is 1.33. The van der Waals surface area contributed by atoms with Gasteiger partial charge in [0.05, 0.1) is 23.8 Å². The second kappa shape index (κ2) is 5.73. The van der Waals surface area contributed by atoms with Crippen LogP contribution in [-0.2, 0) is 14.3 Å². The average Bonchev–Trinajstić information content (AvgIpc) is 2.72. The van der Waals surface area contributed by atoms with Gasteiger partial charge < -0.3 is 10.1 Å². The average molecular weight is 276 g/mol. The first-order valence-corrected chi connectivity index (χ1v) is 6.65. The Morgan fingerprint density at radius 3 is 2.55 bits per heavy atom. The number of nitrogens with zero attached hydrogens (tertiary/aromatic N) is 1. The Balaban J connectivity index is 2.06. The van der Waals surface area contributed by atoms with Gasteiger partial charge in [-0.05, 0) is 26.0 Å². The summed E-state index contributed by atoms with van der Waals surface area (Å²) in [5.74, 6) is -0.373. The second-order valence-corrected chi connectivity index (χ2v) is 5.50. The Hall–Kier alpha value is -1.72. The monoisotopic (exact) mass is 276 g/mol. The van der Waals surface area contributed by atoms with Gasteiger partial charge in [-0.25, -0.2) is 4.90 Å². The number of carbonyl (C=O) groups excluding carboxylic acids is 2.